The van der Waals surface area contributed by atoms with Gasteiger partial charge in [-0.25, -0.2) is 4.98 Å². The van der Waals surface area contributed by atoms with E-state index in [1.54, 1.807) is 11.3 Å². The number of hydrogen-bond donors (Lipinski definition) is 1. The Hall–Kier alpha value is -1.72. The molecule has 2 aromatic rings. The lowest BCUT2D eigenvalue weighted by molar-refractivity contribution is 0.0611. The topological polar surface area (TPSA) is 53.4 Å². The molecule has 1 atom stereocenters. The second-order valence-electron chi connectivity index (χ2n) is 7.39. The van der Waals surface area contributed by atoms with Gasteiger partial charge in [-0.05, 0) is 63.6 Å². The quantitative estimate of drug-likeness (QED) is 0.871. The van der Waals surface area contributed by atoms with Gasteiger partial charge in [0.15, 0.2) is 0 Å². The van der Waals surface area contributed by atoms with Crippen molar-refractivity contribution in [2.75, 3.05) is 6.54 Å². The van der Waals surface area contributed by atoms with E-state index in [0.717, 1.165) is 48.4 Å². The van der Waals surface area contributed by atoms with Gasteiger partial charge in [-0.2, -0.15) is 0 Å². The fourth-order valence-electron chi connectivity index (χ4n) is 3.31. The van der Waals surface area contributed by atoms with Crippen LogP contribution in [0.2, 0.25) is 0 Å². The van der Waals surface area contributed by atoms with Gasteiger partial charge in [-0.15, -0.1) is 11.3 Å². The van der Waals surface area contributed by atoms with Crippen LogP contribution in [0, 0.1) is 0 Å². The zero-order valence-corrected chi connectivity index (χ0v) is 15.8. The average Bonchev–Trinajstić information content (AvgIpc) is 3.13. The molecule has 5 heteroatoms. The van der Waals surface area contributed by atoms with E-state index in [9.17, 15) is 9.90 Å². The van der Waals surface area contributed by atoms with E-state index < -0.39 is 5.60 Å². The molecular formula is C20H26N2O2S. The van der Waals surface area contributed by atoms with Gasteiger partial charge in [0.1, 0.15) is 5.01 Å². The summed E-state index contributed by atoms with van der Waals surface area (Å²) >= 11 is 1.63. The molecule has 0 bridgehead atoms. The fraction of sp³-hybridized carbons (Fsp3) is 0.500. The SMILES string of the molecule is CC(C)(O)CCc1cccc(C(=O)N2CCCCC2c2nccs2)c1. The highest BCUT2D eigenvalue weighted by molar-refractivity contribution is 7.09. The Labute approximate surface area is 153 Å². The van der Waals surface area contributed by atoms with Crippen LogP contribution in [0.5, 0.6) is 0 Å². The molecule has 134 valence electrons. The van der Waals surface area contributed by atoms with Gasteiger partial charge in [0.25, 0.3) is 5.91 Å². The summed E-state index contributed by atoms with van der Waals surface area (Å²) in [5.74, 6) is 0.0880. The molecule has 2 heterocycles. The highest BCUT2D eigenvalue weighted by Crippen LogP contribution is 2.33. The van der Waals surface area contributed by atoms with E-state index in [0.29, 0.717) is 6.42 Å². The second kappa shape index (κ2) is 7.67. The Balaban J connectivity index is 1.77. The number of benzene rings is 1. The highest BCUT2D eigenvalue weighted by Gasteiger charge is 2.30. The molecule has 0 saturated carbocycles. The van der Waals surface area contributed by atoms with Crippen molar-refractivity contribution in [2.24, 2.45) is 0 Å². The number of aliphatic hydroxyl groups is 1. The number of nitrogens with zero attached hydrogens (tertiary/aromatic N) is 2. The normalized spacial score (nSPS) is 18.4. The number of likely N-dealkylation sites (tertiary alicyclic amines) is 1. The number of aromatic nitrogens is 1. The standard InChI is InChI=1S/C20H26N2O2S/c1-20(2,24)10-9-15-6-5-7-16(14-15)19(23)22-12-4-3-8-17(22)18-21-11-13-25-18/h5-7,11,13-14,17,24H,3-4,8-10,12H2,1-2H3. The lowest BCUT2D eigenvalue weighted by atomic mass is 9.97. The summed E-state index contributed by atoms with van der Waals surface area (Å²) in [6, 6.07) is 7.93. The number of hydrogen-bond acceptors (Lipinski definition) is 4. The van der Waals surface area contributed by atoms with E-state index in [2.05, 4.69) is 4.98 Å². The Bertz CT molecular complexity index is 707. The van der Waals surface area contributed by atoms with Crippen LogP contribution in [0.25, 0.3) is 0 Å². The maximum absolute atomic E-state index is 13.1. The van der Waals surface area contributed by atoms with Gasteiger partial charge in [0.05, 0.1) is 11.6 Å². The summed E-state index contributed by atoms with van der Waals surface area (Å²) in [7, 11) is 0. The minimum atomic E-state index is -0.692. The number of carbonyl (C=O) groups excluding carboxylic acids is 1. The molecule has 1 aliphatic heterocycles. The molecule has 1 amide bonds. The molecule has 0 spiro atoms. The average molecular weight is 359 g/mol. The maximum Gasteiger partial charge on any atom is 0.254 e. The fourth-order valence-corrected chi connectivity index (χ4v) is 4.09. The summed E-state index contributed by atoms with van der Waals surface area (Å²) in [6.45, 7) is 4.42. The van der Waals surface area contributed by atoms with Crippen molar-refractivity contribution in [3.63, 3.8) is 0 Å². The van der Waals surface area contributed by atoms with Gasteiger partial charge >= 0.3 is 0 Å². The van der Waals surface area contributed by atoms with Crippen molar-refractivity contribution in [2.45, 2.75) is 57.6 Å². The first-order valence-corrected chi connectivity index (χ1v) is 9.84. The third-order valence-corrected chi connectivity index (χ3v) is 5.58. The number of amides is 1. The number of carbonyl (C=O) groups is 1. The van der Waals surface area contributed by atoms with E-state index in [4.69, 9.17) is 0 Å². The van der Waals surface area contributed by atoms with E-state index >= 15 is 0 Å². The molecular weight excluding hydrogens is 332 g/mol. The van der Waals surface area contributed by atoms with Crippen LogP contribution in [-0.4, -0.2) is 33.0 Å². The minimum Gasteiger partial charge on any atom is -0.390 e. The minimum absolute atomic E-state index is 0.0880. The van der Waals surface area contributed by atoms with E-state index in [-0.39, 0.29) is 11.9 Å². The molecule has 1 aliphatic rings. The summed E-state index contributed by atoms with van der Waals surface area (Å²) in [4.78, 5) is 19.5. The molecule has 0 aliphatic carbocycles. The van der Waals surface area contributed by atoms with Gasteiger partial charge in [0.2, 0.25) is 0 Å². The zero-order valence-electron chi connectivity index (χ0n) is 14.9. The van der Waals surface area contributed by atoms with Crippen molar-refractivity contribution in [1.82, 2.24) is 9.88 Å². The van der Waals surface area contributed by atoms with Crippen LogP contribution in [-0.2, 0) is 6.42 Å². The second-order valence-corrected chi connectivity index (χ2v) is 8.32. The molecule has 1 saturated heterocycles. The van der Waals surface area contributed by atoms with Crippen molar-refractivity contribution < 1.29 is 9.90 Å². The first kappa shape index (κ1) is 18.1. The molecule has 1 N–H and O–H groups in total. The van der Waals surface area contributed by atoms with Crippen molar-refractivity contribution in [3.8, 4) is 0 Å². The summed E-state index contributed by atoms with van der Waals surface area (Å²) in [6.07, 6.45) is 6.43. The lowest BCUT2D eigenvalue weighted by Crippen LogP contribution is -2.38. The Kier molecular flexibility index (Phi) is 5.54. The van der Waals surface area contributed by atoms with Crippen molar-refractivity contribution >= 4 is 17.2 Å². The van der Waals surface area contributed by atoms with Crippen LogP contribution in [0.15, 0.2) is 35.8 Å². The van der Waals surface area contributed by atoms with Gasteiger partial charge < -0.3 is 10.0 Å². The molecule has 1 fully saturated rings. The molecule has 3 rings (SSSR count). The van der Waals surface area contributed by atoms with Crippen LogP contribution in [0.4, 0.5) is 0 Å². The Morgan fingerprint density at radius 1 is 1.40 bits per heavy atom. The summed E-state index contributed by atoms with van der Waals surface area (Å²) in [5, 5.41) is 12.9. The first-order valence-electron chi connectivity index (χ1n) is 8.96. The predicted molar refractivity (Wildman–Crippen MR) is 101 cm³/mol. The molecule has 0 radical (unpaired) electrons. The van der Waals surface area contributed by atoms with Crippen LogP contribution >= 0.6 is 11.3 Å². The molecule has 25 heavy (non-hydrogen) atoms. The third-order valence-electron chi connectivity index (χ3n) is 4.70. The van der Waals surface area contributed by atoms with Crippen LogP contribution < -0.4 is 0 Å². The lowest BCUT2D eigenvalue weighted by Gasteiger charge is -2.34. The third kappa shape index (κ3) is 4.67. The number of aryl methyl sites for hydroxylation is 1. The smallest absolute Gasteiger partial charge is 0.254 e. The summed E-state index contributed by atoms with van der Waals surface area (Å²) in [5.41, 5.74) is 1.13. The monoisotopic (exact) mass is 358 g/mol. The number of rotatable bonds is 5. The predicted octanol–water partition coefficient (Wildman–Crippen LogP) is 4.21. The van der Waals surface area contributed by atoms with E-state index in [1.165, 1.54) is 0 Å². The first-order chi connectivity index (χ1) is 11.9. The van der Waals surface area contributed by atoms with Gasteiger partial charge in [-0.3, -0.25) is 4.79 Å². The number of piperidine rings is 1. The molecule has 1 aromatic carbocycles. The molecule has 1 unspecified atom stereocenters. The van der Waals surface area contributed by atoms with Crippen LogP contribution in [0.1, 0.15) is 66.5 Å². The number of thiazole rings is 1. The molecule has 1 aromatic heterocycles. The highest BCUT2D eigenvalue weighted by atomic mass is 32.1. The summed E-state index contributed by atoms with van der Waals surface area (Å²) < 4.78 is 0. The van der Waals surface area contributed by atoms with Crippen molar-refractivity contribution in [1.29, 1.82) is 0 Å². The Morgan fingerprint density at radius 2 is 2.24 bits per heavy atom. The van der Waals surface area contributed by atoms with Crippen molar-refractivity contribution in [3.05, 3.63) is 52.0 Å². The zero-order chi connectivity index (χ0) is 17.9. The maximum atomic E-state index is 13.1. The Morgan fingerprint density at radius 3 is 2.96 bits per heavy atom. The largest absolute Gasteiger partial charge is 0.390 e. The molecule has 4 nitrogen and oxygen atoms in total. The van der Waals surface area contributed by atoms with E-state index in [1.807, 2.05) is 54.6 Å². The van der Waals surface area contributed by atoms with Crippen LogP contribution in [0.3, 0.4) is 0 Å². The van der Waals surface area contributed by atoms with Gasteiger partial charge in [-0.1, -0.05) is 12.1 Å². The van der Waals surface area contributed by atoms with Gasteiger partial charge in [0, 0.05) is 23.7 Å².